The van der Waals surface area contributed by atoms with Crippen LogP contribution in [0.3, 0.4) is 0 Å². The molecule has 8 heteroatoms. The smallest absolute Gasteiger partial charge is 0.234 e. The van der Waals surface area contributed by atoms with Gasteiger partial charge in [0.1, 0.15) is 5.75 Å². The molecule has 0 radical (unpaired) electrons. The molecule has 3 aromatic heterocycles. The molecule has 4 rings (SSSR count). The first-order valence-corrected chi connectivity index (χ1v) is 8.51. The van der Waals surface area contributed by atoms with E-state index in [1.165, 1.54) is 11.3 Å². The number of aromatic nitrogens is 6. The van der Waals surface area contributed by atoms with Crippen LogP contribution in [-0.2, 0) is 6.42 Å². The van der Waals surface area contributed by atoms with E-state index in [1.54, 1.807) is 13.3 Å². The Labute approximate surface area is 142 Å². The van der Waals surface area contributed by atoms with Crippen LogP contribution in [0.15, 0.2) is 30.5 Å². The Hall–Kier alpha value is -2.74. The van der Waals surface area contributed by atoms with E-state index in [2.05, 4.69) is 32.4 Å². The Morgan fingerprint density at radius 2 is 2.04 bits per heavy atom. The van der Waals surface area contributed by atoms with Gasteiger partial charge in [0.2, 0.25) is 4.96 Å². The van der Waals surface area contributed by atoms with Crippen LogP contribution in [0, 0.1) is 0 Å². The molecule has 1 aromatic carbocycles. The fourth-order valence-corrected chi connectivity index (χ4v) is 3.45. The van der Waals surface area contributed by atoms with E-state index < -0.39 is 0 Å². The molecule has 0 saturated carbocycles. The minimum absolute atomic E-state index is 0.801. The van der Waals surface area contributed by atoms with Crippen molar-refractivity contribution in [2.45, 2.75) is 19.8 Å². The largest absolute Gasteiger partial charge is 0.497 e. The van der Waals surface area contributed by atoms with Crippen LogP contribution in [0.25, 0.3) is 26.8 Å². The number of hydrogen-bond acceptors (Lipinski definition) is 6. The van der Waals surface area contributed by atoms with Crippen molar-refractivity contribution in [3.63, 3.8) is 0 Å². The monoisotopic (exact) mass is 340 g/mol. The van der Waals surface area contributed by atoms with Gasteiger partial charge in [-0.15, -0.1) is 10.2 Å². The Balaban J connectivity index is 1.76. The maximum atomic E-state index is 5.21. The van der Waals surface area contributed by atoms with Gasteiger partial charge < -0.3 is 4.74 Å². The highest BCUT2D eigenvalue weighted by Crippen LogP contribution is 2.33. The fourth-order valence-electron chi connectivity index (χ4n) is 2.57. The predicted molar refractivity (Wildman–Crippen MR) is 92.2 cm³/mol. The second-order valence-electron chi connectivity index (χ2n) is 5.35. The van der Waals surface area contributed by atoms with Crippen LogP contribution >= 0.6 is 11.3 Å². The SMILES string of the molecule is CCCc1nnc2sc(-c3cn[nH]c3-c3ccc(OC)cc3)nn12. The van der Waals surface area contributed by atoms with E-state index in [0.29, 0.717) is 0 Å². The maximum absolute atomic E-state index is 5.21. The summed E-state index contributed by atoms with van der Waals surface area (Å²) < 4.78 is 7.04. The summed E-state index contributed by atoms with van der Waals surface area (Å²) in [6, 6.07) is 7.85. The molecule has 0 amide bonds. The number of rotatable bonds is 5. The van der Waals surface area contributed by atoms with Crippen molar-refractivity contribution < 1.29 is 4.74 Å². The zero-order chi connectivity index (χ0) is 16.5. The third kappa shape index (κ3) is 2.44. The lowest BCUT2D eigenvalue weighted by Crippen LogP contribution is -1.95. The van der Waals surface area contributed by atoms with Crippen molar-refractivity contribution >= 4 is 16.3 Å². The lowest BCUT2D eigenvalue weighted by atomic mass is 10.1. The van der Waals surface area contributed by atoms with Gasteiger partial charge >= 0.3 is 0 Å². The minimum Gasteiger partial charge on any atom is -0.497 e. The van der Waals surface area contributed by atoms with Crippen LogP contribution in [-0.4, -0.2) is 37.1 Å². The maximum Gasteiger partial charge on any atom is 0.234 e. The van der Waals surface area contributed by atoms with E-state index in [1.807, 2.05) is 28.8 Å². The number of nitrogens with zero attached hydrogens (tertiary/aromatic N) is 5. The van der Waals surface area contributed by atoms with Gasteiger partial charge in [0.15, 0.2) is 10.8 Å². The summed E-state index contributed by atoms with van der Waals surface area (Å²) in [6.07, 6.45) is 3.67. The van der Waals surface area contributed by atoms with Gasteiger partial charge in [-0.05, 0) is 30.7 Å². The summed E-state index contributed by atoms with van der Waals surface area (Å²) in [7, 11) is 1.66. The second-order valence-corrected chi connectivity index (χ2v) is 6.31. The quantitative estimate of drug-likeness (QED) is 0.603. The predicted octanol–water partition coefficient (Wildman–Crippen LogP) is 3.20. The molecule has 122 valence electrons. The van der Waals surface area contributed by atoms with Crippen LogP contribution in [0.4, 0.5) is 0 Å². The van der Waals surface area contributed by atoms with Gasteiger partial charge in [0.25, 0.3) is 0 Å². The summed E-state index contributed by atoms with van der Waals surface area (Å²) in [5.41, 5.74) is 2.92. The Bertz CT molecular complexity index is 968. The number of hydrogen-bond donors (Lipinski definition) is 1. The number of benzene rings is 1. The molecule has 0 aliphatic carbocycles. The summed E-state index contributed by atoms with van der Waals surface area (Å²) in [5.74, 6) is 1.72. The average molecular weight is 340 g/mol. The number of aromatic amines is 1. The van der Waals surface area contributed by atoms with Gasteiger partial charge in [-0.1, -0.05) is 18.3 Å². The van der Waals surface area contributed by atoms with E-state index in [-0.39, 0.29) is 0 Å². The minimum atomic E-state index is 0.801. The second kappa shape index (κ2) is 6.04. The van der Waals surface area contributed by atoms with E-state index in [4.69, 9.17) is 4.74 Å². The number of nitrogens with one attached hydrogen (secondary N) is 1. The third-order valence-electron chi connectivity index (χ3n) is 3.78. The molecule has 0 saturated heterocycles. The zero-order valence-electron chi connectivity index (χ0n) is 13.4. The zero-order valence-corrected chi connectivity index (χ0v) is 14.2. The highest BCUT2D eigenvalue weighted by atomic mass is 32.1. The summed E-state index contributed by atoms with van der Waals surface area (Å²) in [6.45, 7) is 2.12. The first-order valence-electron chi connectivity index (χ1n) is 7.69. The van der Waals surface area contributed by atoms with Crippen LogP contribution in [0.2, 0.25) is 0 Å². The molecule has 1 N–H and O–H groups in total. The van der Waals surface area contributed by atoms with E-state index in [0.717, 1.165) is 51.2 Å². The highest BCUT2D eigenvalue weighted by Gasteiger charge is 2.17. The fraction of sp³-hybridized carbons (Fsp3) is 0.250. The van der Waals surface area contributed by atoms with Crippen LogP contribution in [0.5, 0.6) is 5.75 Å². The number of aryl methyl sites for hydroxylation is 1. The highest BCUT2D eigenvalue weighted by molar-refractivity contribution is 7.19. The van der Waals surface area contributed by atoms with Gasteiger partial charge in [-0.3, -0.25) is 5.10 Å². The van der Waals surface area contributed by atoms with Crippen molar-refractivity contribution in [1.82, 2.24) is 30.0 Å². The standard InChI is InChI=1S/C16H16N6OS/c1-3-4-13-18-20-16-22(13)21-15(24-16)12-9-17-19-14(12)10-5-7-11(23-2)8-6-10/h5-9H,3-4H2,1-2H3,(H,17,19). The Kier molecular flexibility index (Phi) is 3.73. The topological polar surface area (TPSA) is 81.0 Å². The summed E-state index contributed by atoms with van der Waals surface area (Å²) >= 11 is 1.51. The van der Waals surface area contributed by atoms with Gasteiger partial charge in [0.05, 0.1) is 24.6 Å². The summed E-state index contributed by atoms with van der Waals surface area (Å²) in [5, 5.41) is 21.2. The first kappa shape index (κ1) is 14.8. The third-order valence-corrected chi connectivity index (χ3v) is 4.71. The lowest BCUT2D eigenvalue weighted by molar-refractivity contribution is 0.415. The van der Waals surface area contributed by atoms with Gasteiger partial charge in [-0.2, -0.15) is 14.7 Å². The Morgan fingerprint density at radius 3 is 2.79 bits per heavy atom. The molecule has 4 aromatic rings. The van der Waals surface area contributed by atoms with Crippen molar-refractivity contribution in [2.75, 3.05) is 7.11 Å². The van der Waals surface area contributed by atoms with E-state index in [9.17, 15) is 0 Å². The van der Waals surface area contributed by atoms with Crippen molar-refractivity contribution in [1.29, 1.82) is 0 Å². The van der Waals surface area contributed by atoms with Crippen molar-refractivity contribution in [3.8, 4) is 27.6 Å². The van der Waals surface area contributed by atoms with Crippen LogP contribution < -0.4 is 4.74 Å². The van der Waals surface area contributed by atoms with Crippen molar-refractivity contribution in [3.05, 3.63) is 36.3 Å². The Morgan fingerprint density at radius 1 is 1.21 bits per heavy atom. The molecule has 0 aliphatic heterocycles. The molecule has 24 heavy (non-hydrogen) atoms. The first-order chi connectivity index (χ1) is 11.8. The molecular weight excluding hydrogens is 324 g/mol. The van der Waals surface area contributed by atoms with Gasteiger partial charge in [-0.25, -0.2) is 0 Å². The molecule has 0 aliphatic rings. The molecule has 0 bridgehead atoms. The number of H-pyrrole nitrogens is 1. The van der Waals surface area contributed by atoms with E-state index >= 15 is 0 Å². The average Bonchev–Trinajstić information content (AvgIpc) is 3.31. The van der Waals surface area contributed by atoms with Crippen LogP contribution in [0.1, 0.15) is 19.2 Å². The molecule has 0 unspecified atom stereocenters. The number of ether oxygens (including phenoxy) is 1. The normalized spacial score (nSPS) is 11.2. The van der Waals surface area contributed by atoms with Crippen molar-refractivity contribution in [2.24, 2.45) is 0 Å². The summed E-state index contributed by atoms with van der Waals surface area (Å²) in [4.78, 5) is 0.801. The molecular formula is C16H16N6OS. The lowest BCUT2D eigenvalue weighted by Gasteiger charge is -2.03. The molecule has 3 heterocycles. The molecule has 0 atom stereocenters. The number of methoxy groups -OCH3 is 1. The number of fused-ring (bicyclic) bond motifs is 1. The molecule has 0 fully saturated rings. The molecule has 0 spiro atoms. The molecule has 7 nitrogen and oxygen atoms in total. The van der Waals surface area contributed by atoms with Gasteiger partial charge in [0, 0.05) is 12.0 Å².